The van der Waals surface area contributed by atoms with E-state index in [0.29, 0.717) is 5.82 Å². The second-order valence-electron chi connectivity index (χ2n) is 4.18. The molecule has 3 rings (SSSR count). The highest BCUT2D eigenvalue weighted by atomic mass is 32.2. The van der Waals surface area contributed by atoms with Crippen molar-refractivity contribution in [2.45, 2.75) is 36.6 Å². The maximum atomic E-state index is 5.76. The van der Waals surface area contributed by atoms with Gasteiger partial charge in [0.2, 0.25) is 0 Å². The second kappa shape index (κ2) is 4.93. The molecular weight excluding hydrogens is 248 g/mol. The quantitative estimate of drug-likeness (QED) is 0.839. The zero-order valence-electron chi connectivity index (χ0n) is 9.91. The van der Waals surface area contributed by atoms with Crippen molar-refractivity contribution in [3.05, 3.63) is 24.0 Å². The molecule has 0 amide bonds. The maximum Gasteiger partial charge on any atom is 0.156 e. The van der Waals surface area contributed by atoms with Gasteiger partial charge in [0.05, 0.1) is 5.75 Å². The van der Waals surface area contributed by atoms with Crippen LogP contribution in [-0.4, -0.2) is 24.7 Å². The second-order valence-corrected chi connectivity index (χ2v) is 5.14. The minimum absolute atomic E-state index is 0.473. The van der Waals surface area contributed by atoms with E-state index >= 15 is 0 Å². The predicted molar refractivity (Wildman–Crippen MR) is 69.0 cm³/mol. The SMILES string of the molecule is Nc1nccnc1SCc1nnc2n1CCCC2. The van der Waals surface area contributed by atoms with Gasteiger partial charge in [0, 0.05) is 25.4 Å². The third kappa shape index (κ3) is 2.17. The fraction of sp³-hybridized carbons (Fsp3) is 0.455. The molecule has 0 bridgehead atoms. The van der Waals surface area contributed by atoms with Gasteiger partial charge >= 0.3 is 0 Å². The average molecular weight is 262 g/mol. The van der Waals surface area contributed by atoms with E-state index in [4.69, 9.17) is 5.73 Å². The molecule has 0 spiro atoms. The molecule has 6 nitrogen and oxygen atoms in total. The largest absolute Gasteiger partial charge is 0.381 e. The topological polar surface area (TPSA) is 82.5 Å². The van der Waals surface area contributed by atoms with Crippen molar-refractivity contribution in [3.63, 3.8) is 0 Å². The first-order valence-corrected chi connectivity index (χ1v) is 6.93. The van der Waals surface area contributed by atoms with Crippen molar-refractivity contribution in [1.29, 1.82) is 0 Å². The summed E-state index contributed by atoms with van der Waals surface area (Å²) >= 11 is 1.56. The van der Waals surface area contributed by atoms with Gasteiger partial charge in [-0.1, -0.05) is 11.8 Å². The van der Waals surface area contributed by atoms with Crippen molar-refractivity contribution in [3.8, 4) is 0 Å². The van der Waals surface area contributed by atoms with Crippen LogP contribution < -0.4 is 5.73 Å². The molecule has 2 aromatic rings. The van der Waals surface area contributed by atoms with Crippen LogP contribution in [0.3, 0.4) is 0 Å². The van der Waals surface area contributed by atoms with E-state index in [2.05, 4.69) is 24.7 Å². The lowest BCUT2D eigenvalue weighted by Crippen LogP contribution is -2.12. The molecule has 0 atom stereocenters. The summed E-state index contributed by atoms with van der Waals surface area (Å²) in [5.41, 5.74) is 5.76. The number of aryl methyl sites for hydroxylation is 1. The first-order valence-electron chi connectivity index (χ1n) is 5.95. The van der Waals surface area contributed by atoms with Crippen LogP contribution in [0.5, 0.6) is 0 Å². The first kappa shape index (κ1) is 11.5. The van der Waals surface area contributed by atoms with Crippen molar-refractivity contribution in [1.82, 2.24) is 24.7 Å². The van der Waals surface area contributed by atoms with Crippen LogP contribution >= 0.6 is 11.8 Å². The predicted octanol–water partition coefficient (Wildman–Crippen LogP) is 1.28. The molecule has 94 valence electrons. The van der Waals surface area contributed by atoms with Crippen molar-refractivity contribution in [2.24, 2.45) is 0 Å². The van der Waals surface area contributed by atoms with E-state index < -0.39 is 0 Å². The van der Waals surface area contributed by atoms with Gasteiger partial charge in [0.25, 0.3) is 0 Å². The standard InChI is InChI=1S/C11H14N6S/c12-10-11(14-5-4-13-10)18-7-9-16-15-8-3-1-2-6-17(8)9/h4-5H,1-3,6-7H2,(H2,12,13). The van der Waals surface area contributed by atoms with Crippen molar-refractivity contribution in [2.75, 3.05) is 5.73 Å². The molecule has 0 unspecified atom stereocenters. The van der Waals surface area contributed by atoms with Crippen molar-refractivity contribution < 1.29 is 0 Å². The fourth-order valence-corrected chi connectivity index (χ4v) is 2.87. The summed E-state index contributed by atoms with van der Waals surface area (Å²) in [4.78, 5) is 8.23. The third-order valence-corrected chi connectivity index (χ3v) is 3.96. The van der Waals surface area contributed by atoms with E-state index in [1.807, 2.05) is 0 Å². The maximum absolute atomic E-state index is 5.76. The molecule has 2 N–H and O–H groups in total. The number of hydrogen-bond donors (Lipinski definition) is 1. The fourth-order valence-electron chi connectivity index (χ4n) is 2.06. The van der Waals surface area contributed by atoms with Crippen LogP contribution in [0.1, 0.15) is 24.5 Å². The number of hydrogen-bond acceptors (Lipinski definition) is 6. The zero-order valence-corrected chi connectivity index (χ0v) is 10.7. The normalized spacial score (nSPS) is 14.4. The molecule has 7 heteroatoms. The summed E-state index contributed by atoms with van der Waals surface area (Å²) in [6.07, 6.45) is 6.69. The molecular formula is C11H14N6S. The van der Waals surface area contributed by atoms with Gasteiger partial charge in [-0.2, -0.15) is 0 Å². The summed E-state index contributed by atoms with van der Waals surface area (Å²) in [6, 6.07) is 0. The van der Waals surface area contributed by atoms with Gasteiger partial charge in [-0.05, 0) is 12.8 Å². The Morgan fingerprint density at radius 3 is 3.00 bits per heavy atom. The molecule has 0 aromatic carbocycles. The lowest BCUT2D eigenvalue weighted by Gasteiger charge is -2.14. The lowest BCUT2D eigenvalue weighted by molar-refractivity contribution is 0.513. The van der Waals surface area contributed by atoms with Crippen LogP contribution in [0, 0.1) is 0 Å². The molecule has 1 aliphatic rings. The molecule has 0 saturated heterocycles. The number of nitrogen functional groups attached to an aromatic ring is 1. The number of anilines is 1. The van der Waals surface area contributed by atoms with Crippen LogP contribution in [0.15, 0.2) is 17.4 Å². The highest BCUT2D eigenvalue weighted by Gasteiger charge is 2.16. The zero-order chi connectivity index (χ0) is 12.4. The Labute approximate surface area is 109 Å². The highest BCUT2D eigenvalue weighted by Crippen LogP contribution is 2.25. The number of nitrogens with zero attached hydrogens (tertiary/aromatic N) is 5. The first-order chi connectivity index (χ1) is 8.84. The Morgan fingerprint density at radius 1 is 1.22 bits per heavy atom. The minimum atomic E-state index is 0.473. The number of thioether (sulfide) groups is 1. The highest BCUT2D eigenvalue weighted by molar-refractivity contribution is 7.98. The molecule has 2 aromatic heterocycles. The molecule has 1 aliphatic heterocycles. The van der Waals surface area contributed by atoms with E-state index in [0.717, 1.165) is 35.4 Å². The number of nitrogens with two attached hydrogens (primary N) is 1. The van der Waals surface area contributed by atoms with Gasteiger partial charge < -0.3 is 10.3 Å². The van der Waals surface area contributed by atoms with Crippen molar-refractivity contribution >= 4 is 17.6 Å². The number of rotatable bonds is 3. The Kier molecular flexibility index (Phi) is 3.14. The van der Waals surface area contributed by atoms with E-state index in [9.17, 15) is 0 Å². The molecule has 0 saturated carbocycles. The molecule has 18 heavy (non-hydrogen) atoms. The van der Waals surface area contributed by atoms with Gasteiger partial charge in [-0.3, -0.25) is 0 Å². The Morgan fingerprint density at radius 2 is 2.11 bits per heavy atom. The Hall–Kier alpha value is -1.63. The van der Waals surface area contributed by atoms with E-state index in [1.165, 1.54) is 12.8 Å². The number of aromatic nitrogens is 5. The molecule has 0 fully saturated rings. The Bertz CT molecular complexity index is 552. The molecule has 0 radical (unpaired) electrons. The van der Waals surface area contributed by atoms with Gasteiger partial charge in [-0.25, -0.2) is 9.97 Å². The van der Waals surface area contributed by atoms with Crippen LogP contribution in [0.25, 0.3) is 0 Å². The molecule has 0 aliphatic carbocycles. The van der Waals surface area contributed by atoms with Gasteiger partial charge in [0.1, 0.15) is 16.7 Å². The van der Waals surface area contributed by atoms with Crippen LogP contribution in [0.2, 0.25) is 0 Å². The van der Waals surface area contributed by atoms with Crippen LogP contribution in [-0.2, 0) is 18.7 Å². The van der Waals surface area contributed by atoms with Crippen LogP contribution in [0.4, 0.5) is 5.82 Å². The Balaban J connectivity index is 1.74. The minimum Gasteiger partial charge on any atom is -0.381 e. The number of fused-ring (bicyclic) bond motifs is 1. The van der Waals surface area contributed by atoms with E-state index in [-0.39, 0.29) is 0 Å². The lowest BCUT2D eigenvalue weighted by atomic mass is 10.2. The summed E-state index contributed by atoms with van der Waals surface area (Å²) in [5, 5.41) is 9.22. The summed E-state index contributed by atoms with van der Waals surface area (Å²) in [5.74, 6) is 3.31. The third-order valence-electron chi connectivity index (χ3n) is 2.97. The smallest absolute Gasteiger partial charge is 0.156 e. The monoisotopic (exact) mass is 262 g/mol. The summed E-state index contributed by atoms with van der Waals surface area (Å²) < 4.78 is 2.21. The van der Waals surface area contributed by atoms with Gasteiger partial charge in [-0.15, -0.1) is 10.2 Å². The molecule has 3 heterocycles. The average Bonchev–Trinajstić information content (AvgIpc) is 2.81. The summed E-state index contributed by atoms with van der Waals surface area (Å²) in [6.45, 7) is 1.02. The summed E-state index contributed by atoms with van der Waals surface area (Å²) in [7, 11) is 0. The van der Waals surface area contributed by atoms with E-state index in [1.54, 1.807) is 24.2 Å². The van der Waals surface area contributed by atoms with Gasteiger partial charge in [0.15, 0.2) is 5.82 Å².